The standard InChI is InChI=1S/C58H100N2O8/c1-7-11-12-13-14-15-16-17-18-19-20-21-23-26-31-47(62)43-60(39-29-38-59(9-3)10-4)37-28-25-22-24-27-32-53(65)66-44-51(64)58-52(67-54(68-58)30-8-2)41-49-48-34-33-45-40-46(61)35-36-56(45,5)55(48)50(63)42-57(49,58)6/h35-36,40,47-50,52,54-55,62-63H,7-34,37-39,41-44H2,1-6H3. The second kappa shape index (κ2) is 28.9. The predicted octanol–water partition coefficient (Wildman–Crippen LogP) is 11.9. The number of hydrogen-bond donors (Lipinski definition) is 2. The monoisotopic (exact) mass is 953 g/mol. The molecule has 2 N–H and O–H groups in total. The minimum Gasteiger partial charge on any atom is -0.458 e. The van der Waals surface area contributed by atoms with Crippen LogP contribution in [0.4, 0.5) is 0 Å². The highest BCUT2D eigenvalue weighted by molar-refractivity contribution is 6.01. The average molecular weight is 953 g/mol. The molecule has 5 aliphatic rings. The Hall–Kier alpha value is -1.95. The molecule has 1 aliphatic heterocycles. The lowest BCUT2D eigenvalue weighted by molar-refractivity contribution is -0.201. The van der Waals surface area contributed by atoms with Crippen LogP contribution in [-0.2, 0) is 28.6 Å². The first kappa shape index (κ1) is 57.0. The molecular formula is C58H100N2O8. The van der Waals surface area contributed by atoms with Crippen LogP contribution in [0.15, 0.2) is 23.8 Å². The van der Waals surface area contributed by atoms with Crippen LogP contribution in [-0.4, -0.2) is 114 Å². The number of carbonyl (C=O) groups excluding carboxylic acids is 3. The smallest absolute Gasteiger partial charge is 0.306 e. The number of ketones is 2. The molecule has 10 atom stereocenters. The Bertz CT molecular complexity index is 1580. The van der Waals surface area contributed by atoms with Crippen molar-refractivity contribution in [3.63, 3.8) is 0 Å². The number of aliphatic hydroxyl groups excluding tert-OH is 2. The van der Waals surface area contributed by atoms with E-state index in [-0.39, 0.29) is 54.4 Å². The van der Waals surface area contributed by atoms with Crippen molar-refractivity contribution in [3.05, 3.63) is 23.8 Å². The molecule has 4 fully saturated rings. The maximum Gasteiger partial charge on any atom is 0.306 e. The van der Waals surface area contributed by atoms with Crippen LogP contribution in [0.5, 0.6) is 0 Å². The van der Waals surface area contributed by atoms with E-state index in [4.69, 9.17) is 14.2 Å². The lowest BCUT2D eigenvalue weighted by Gasteiger charge is -2.59. The van der Waals surface area contributed by atoms with Gasteiger partial charge in [0.2, 0.25) is 5.78 Å². The largest absolute Gasteiger partial charge is 0.458 e. The summed E-state index contributed by atoms with van der Waals surface area (Å²) in [5.74, 6) is -0.448. The molecule has 3 saturated carbocycles. The predicted molar refractivity (Wildman–Crippen MR) is 274 cm³/mol. The zero-order chi connectivity index (χ0) is 49.0. The highest BCUT2D eigenvalue weighted by Gasteiger charge is 2.76. The Labute approximate surface area is 414 Å². The molecule has 0 radical (unpaired) electrons. The van der Waals surface area contributed by atoms with Gasteiger partial charge in [0, 0.05) is 29.7 Å². The second-order valence-electron chi connectivity index (χ2n) is 22.5. The second-order valence-corrected chi connectivity index (χ2v) is 22.5. The molecule has 10 heteroatoms. The minimum absolute atomic E-state index is 0.0106. The first-order chi connectivity index (χ1) is 32.9. The van der Waals surface area contributed by atoms with Gasteiger partial charge in [0.05, 0.1) is 18.3 Å². The molecule has 10 nitrogen and oxygen atoms in total. The summed E-state index contributed by atoms with van der Waals surface area (Å²) in [7, 11) is 0. The fourth-order valence-corrected chi connectivity index (χ4v) is 13.8. The summed E-state index contributed by atoms with van der Waals surface area (Å²) in [5, 5.41) is 23.1. The highest BCUT2D eigenvalue weighted by Crippen LogP contribution is 2.69. The van der Waals surface area contributed by atoms with Crippen LogP contribution in [0.25, 0.3) is 0 Å². The van der Waals surface area contributed by atoms with Gasteiger partial charge in [0.1, 0.15) is 0 Å². The molecule has 4 aliphatic carbocycles. The molecule has 0 bridgehead atoms. The lowest BCUT2D eigenvalue weighted by atomic mass is 9.46. The molecular weight excluding hydrogens is 853 g/mol. The molecule has 0 aromatic carbocycles. The van der Waals surface area contributed by atoms with Crippen molar-refractivity contribution in [2.75, 3.05) is 45.9 Å². The van der Waals surface area contributed by atoms with E-state index in [0.717, 1.165) is 115 Å². The summed E-state index contributed by atoms with van der Waals surface area (Å²) in [4.78, 5) is 45.0. The molecule has 1 saturated heterocycles. The van der Waals surface area contributed by atoms with Crippen molar-refractivity contribution < 1.29 is 38.8 Å². The van der Waals surface area contributed by atoms with Crippen molar-refractivity contribution >= 4 is 17.5 Å². The van der Waals surface area contributed by atoms with E-state index in [0.29, 0.717) is 19.3 Å². The number of esters is 1. The van der Waals surface area contributed by atoms with Gasteiger partial charge in [0.25, 0.3) is 0 Å². The van der Waals surface area contributed by atoms with Crippen molar-refractivity contribution in [2.24, 2.45) is 28.6 Å². The van der Waals surface area contributed by atoms with E-state index in [1.54, 1.807) is 12.2 Å². The zero-order valence-corrected chi connectivity index (χ0v) is 44.3. The summed E-state index contributed by atoms with van der Waals surface area (Å²) >= 11 is 0. The third kappa shape index (κ3) is 15.1. The van der Waals surface area contributed by atoms with E-state index >= 15 is 0 Å². The number of ether oxygens (including phenoxy) is 3. The average Bonchev–Trinajstić information content (AvgIpc) is 3.80. The third-order valence-corrected chi connectivity index (χ3v) is 17.7. The fourth-order valence-electron chi connectivity index (χ4n) is 13.8. The van der Waals surface area contributed by atoms with E-state index in [1.165, 1.54) is 83.5 Å². The Morgan fingerprint density at radius 3 is 2.04 bits per heavy atom. The molecule has 10 unspecified atom stereocenters. The van der Waals surface area contributed by atoms with E-state index in [2.05, 4.69) is 51.3 Å². The number of hydrogen-bond acceptors (Lipinski definition) is 10. The Morgan fingerprint density at radius 1 is 0.794 bits per heavy atom. The molecule has 5 rings (SSSR count). The van der Waals surface area contributed by atoms with Crippen LogP contribution in [0.2, 0.25) is 0 Å². The number of carbonyl (C=O) groups is 3. The molecule has 0 amide bonds. The van der Waals surface area contributed by atoms with E-state index < -0.39 is 34.9 Å². The summed E-state index contributed by atoms with van der Waals surface area (Å²) in [6, 6.07) is 0. The summed E-state index contributed by atoms with van der Waals surface area (Å²) in [5.41, 5.74) is -1.30. The summed E-state index contributed by atoms with van der Waals surface area (Å²) in [6.07, 6.45) is 33.6. The van der Waals surface area contributed by atoms with Crippen molar-refractivity contribution in [1.29, 1.82) is 0 Å². The topological polar surface area (TPSA) is 126 Å². The number of aliphatic hydroxyl groups is 2. The number of Topliss-reactive ketones (excluding diaryl/α,β-unsaturated/α-hetero) is 1. The zero-order valence-electron chi connectivity index (χ0n) is 44.3. The van der Waals surface area contributed by atoms with Gasteiger partial charge < -0.3 is 34.2 Å². The van der Waals surface area contributed by atoms with Crippen LogP contribution in [0.3, 0.4) is 0 Å². The van der Waals surface area contributed by atoms with Gasteiger partial charge in [-0.05, 0) is 114 Å². The number of unbranched alkanes of at least 4 members (excludes halogenated alkanes) is 17. The van der Waals surface area contributed by atoms with Gasteiger partial charge in [-0.15, -0.1) is 0 Å². The van der Waals surface area contributed by atoms with Crippen molar-refractivity contribution in [3.8, 4) is 0 Å². The fraction of sp³-hybridized carbons (Fsp3) is 0.879. The first-order valence-electron chi connectivity index (χ1n) is 28.6. The number of fused-ring (bicyclic) bond motifs is 7. The van der Waals surface area contributed by atoms with Gasteiger partial charge >= 0.3 is 5.97 Å². The SMILES string of the molecule is CCCCCCCCCCCCCCCCC(O)CN(CCCCCCCC(=O)OCC(=O)C12OC(CCC)OC1CC1C3CCC4=CC(=O)C=CC4(C)C3C(O)CC12C)CCCN(CC)CC. The van der Waals surface area contributed by atoms with Gasteiger partial charge in [-0.2, -0.15) is 0 Å². The normalized spacial score (nSPS) is 30.0. The van der Waals surface area contributed by atoms with Crippen molar-refractivity contribution in [1.82, 2.24) is 9.80 Å². The van der Waals surface area contributed by atoms with E-state index in [9.17, 15) is 24.6 Å². The highest BCUT2D eigenvalue weighted by atomic mass is 16.7. The van der Waals surface area contributed by atoms with Crippen LogP contribution >= 0.6 is 0 Å². The quantitative estimate of drug-likeness (QED) is 0.0463. The Kier molecular flexibility index (Phi) is 24.2. The molecule has 0 aromatic heterocycles. The van der Waals surface area contributed by atoms with Crippen LogP contribution in [0.1, 0.15) is 221 Å². The lowest BCUT2D eigenvalue weighted by Crippen LogP contribution is -2.63. The first-order valence-corrected chi connectivity index (χ1v) is 28.6. The van der Waals surface area contributed by atoms with Crippen LogP contribution in [0, 0.1) is 28.6 Å². The maximum absolute atomic E-state index is 14.6. The maximum atomic E-state index is 14.6. The van der Waals surface area contributed by atoms with Gasteiger partial charge in [-0.3, -0.25) is 14.4 Å². The minimum atomic E-state index is -1.29. The molecule has 0 aromatic rings. The number of rotatable bonds is 36. The van der Waals surface area contributed by atoms with Crippen LogP contribution < -0.4 is 0 Å². The summed E-state index contributed by atoms with van der Waals surface area (Å²) < 4.78 is 19.1. The molecule has 390 valence electrons. The number of allylic oxidation sites excluding steroid dienone is 4. The molecule has 0 spiro atoms. The van der Waals surface area contributed by atoms with Crippen molar-refractivity contribution in [2.45, 2.75) is 252 Å². The Morgan fingerprint density at radius 2 is 1.40 bits per heavy atom. The van der Waals surface area contributed by atoms with Gasteiger partial charge in [0.15, 0.2) is 24.3 Å². The third-order valence-electron chi connectivity index (χ3n) is 17.7. The molecule has 68 heavy (non-hydrogen) atoms. The molecule has 1 heterocycles. The van der Waals surface area contributed by atoms with Gasteiger partial charge in [-0.1, -0.05) is 169 Å². The van der Waals surface area contributed by atoms with Gasteiger partial charge in [-0.25, -0.2) is 0 Å². The number of nitrogens with zero attached hydrogens (tertiary/aromatic N) is 2. The summed E-state index contributed by atoms with van der Waals surface area (Å²) in [6.45, 7) is 18.7. The van der Waals surface area contributed by atoms with E-state index in [1.807, 2.05) is 6.08 Å². The Balaban J connectivity index is 1.00.